The van der Waals surface area contributed by atoms with Crippen LogP contribution in [0.15, 0.2) is 39.2 Å². The van der Waals surface area contributed by atoms with Gasteiger partial charge < -0.3 is 36.6 Å². The van der Waals surface area contributed by atoms with Crippen LogP contribution >= 0.6 is 34.9 Å². The average molecular weight is 581 g/mol. The van der Waals surface area contributed by atoms with Crippen molar-refractivity contribution in [1.29, 1.82) is 0 Å². The standard InChI is InChI=1S/C20H20N8O7S3/c1-35-26-12(9-7-37-19(22)23-9)15(31)25-13-16(32)28-14(18(33)34)8(5-36-17(13)28)6-38-20-24-10(21)2-3-27(20)4-11(29)30/h2-3,7,13,17,21H,4-6H2,1H3,(H5,22,23,25,29,30,31,33,34)/b26-12-/t13?,17-/m1/s1. The van der Waals surface area contributed by atoms with E-state index in [4.69, 9.17) is 21.4 Å². The third kappa shape index (κ3) is 5.50. The molecular formula is C20H20N8O7S3. The van der Waals surface area contributed by atoms with Gasteiger partial charge >= 0.3 is 11.1 Å². The van der Waals surface area contributed by atoms with Gasteiger partial charge in [-0.25, -0.2) is 14.3 Å². The molecule has 0 spiro atoms. The van der Waals surface area contributed by atoms with Gasteiger partial charge in [0, 0.05) is 23.0 Å². The third-order valence-corrected chi connectivity index (χ3v) is 8.36. The van der Waals surface area contributed by atoms with Gasteiger partial charge in [-0.15, -0.1) is 23.1 Å². The van der Waals surface area contributed by atoms with Crippen molar-refractivity contribution in [1.82, 2.24) is 20.2 Å². The highest BCUT2D eigenvalue weighted by Crippen LogP contribution is 2.41. The third-order valence-electron chi connectivity index (χ3n) is 5.27. The topological polar surface area (TPSA) is 230 Å². The summed E-state index contributed by atoms with van der Waals surface area (Å²) in [5.41, 5.74) is 11.4. The Morgan fingerprint density at radius 3 is 2.79 bits per heavy atom. The Labute approximate surface area is 226 Å². The van der Waals surface area contributed by atoms with Crippen molar-refractivity contribution >= 4 is 75.3 Å². The number of hydrogen-bond donors (Lipinski definition) is 4. The largest absolute Gasteiger partial charge is 0.543 e. The molecule has 1 unspecified atom stereocenters. The highest BCUT2D eigenvalue weighted by atomic mass is 32.2. The number of thioether (sulfide) groups is 2. The minimum Gasteiger partial charge on any atom is -0.543 e. The summed E-state index contributed by atoms with van der Waals surface area (Å²) in [6.45, 7) is -0.368. The number of carbonyl (C=O) groups is 4. The molecule has 1 saturated heterocycles. The van der Waals surface area contributed by atoms with E-state index in [9.17, 15) is 24.3 Å². The van der Waals surface area contributed by atoms with Gasteiger partial charge in [-0.3, -0.25) is 14.5 Å². The number of carboxylic acid groups (broad SMARTS) is 2. The number of amides is 2. The van der Waals surface area contributed by atoms with Crippen LogP contribution in [0.4, 0.5) is 10.9 Å². The number of anilines is 2. The Balaban J connectivity index is 1.51. The first kappa shape index (κ1) is 27.1. The summed E-state index contributed by atoms with van der Waals surface area (Å²) in [6, 6.07) is 0.418. The summed E-state index contributed by atoms with van der Waals surface area (Å²) >= 11 is 3.42. The molecule has 2 atom stereocenters. The zero-order valence-electron chi connectivity index (χ0n) is 19.5. The molecule has 1 fully saturated rings. The number of aromatic nitrogens is 3. The van der Waals surface area contributed by atoms with Gasteiger partial charge in [0.15, 0.2) is 17.4 Å². The molecule has 2 aromatic rings. The van der Waals surface area contributed by atoms with Crippen LogP contribution in [0.5, 0.6) is 0 Å². The second-order valence-electron chi connectivity index (χ2n) is 7.74. The number of thiazole rings is 1. The predicted octanol–water partition coefficient (Wildman–Crippen LogP) is -2.38. The van der Waals surface area contributed by atoms with E-state index in [0.717, 1.165) is 28.0 Å². The minimum atomic E-state index is -1.55. The van der Waals surface area contributed by atoms with E-state index in [1.54, 1.807) is 0 Å². The van der Waals surface area contributed by atoms with Crippen LogP contribution in [-0.2, 0) is 30.6 Å². The van der Waals surface area contributed by atoms with E-state index in [0.29, 0.717) is 5.57 Å². The molecule has 18 heteroatoms. The van der Waals surface area contributed by atoms with Crippen molar-refractivity contribution in [2.24, 2.45) is 5.16 Å². The second-order valence-corrected chi connectivity index (χ2v) is 10.7. The molecule has 2 amide bonds. The number of β-lactam (4-membered cyclic amide) rings is 1. The summed E-state index contributed by atoms with van der Waals surface area (Å²) in [5.74, 6) is -3.58. The lowest BCUT2D eigenvalue weighted by Crippen LogP contribution is -2.71. The number of fused-ring (bicyclic) bond motifs is 1. The maximum atomic E-state index is 13.0. The van der Waals surface area contributed by atoms with Gasteiger partial charge in [-0.05, 0) is 22.3 Å². The fourth-order valence-electron chi connectivity index (χ4n) is 3.66. The van der Waals surface area contributed by atoms with Crippen LogP contribution in [0.1, 0.15) is 5.69 Å². The molecule has 2 aliphatic heterocycles. The molecule has 0 aliphatic carbocycles. The Kier molecular flexibility index (Phi) is 8.02. The number of carboxylic acids is 2. The van der Waals surface area contributed by atoms with Crippen LogP contribution in [0.3, 0.4) is 0 Å². The monoisotopic (exact) mass is 580 g/mol. The maximum absolute atomic E-state index is 13.0. The van der Waals surface area contributed by atoms with E-state index in [1.165, 1.54) is 41.1 Å². The van der Waals surface area contributed by atoms with E-state index in [-0.39, 0.29) is 51.3 Å². The Morgan fingerprint density at radius 2 is 2.16 bits per heavy atom. The SMILES string of the molecule is CO/N=C(\C(=O)NC1C(=O)N2C(C(=O)[O-])=C(CSc3nc(N)cc[n+]3CC(=O)O)CS[C@H]12)c1csc(N)n1. The van der Waals surface area contributed by atoms with Crippen LogP contribution in [0.25, 0.3) is 0 Å². The average Bonchev–Trinajstić information content (AvgIpc) is 3.30. The summed E-state index contributed by atoms with van der Waals surface area (Å²) in [4.78, 5) is 63.0. The number of nitrogen functional groups attached to an aromatic ring is 2. The summed E-state index contributed by atoms with van der Waals surface area (Å²) in [7, 11) is 1.25. The molecule has 15 nitrogen and oxygen atoms in total. The van der Waals surface area contributed by atoms with Crippen molar-refractivity contribution in [3.63, 3.8) is 0 Å². The molecule has 4 heterocycles. The summed E-state index contributed by atoms with van der Waals surface area (Å²) < 4.78 is 1.36. The number of nitrogens with two attached hydrogens (primary N) is 2. The highest BCUT2D eigenvalue weighted by Gasteiger charge is 2.53. The van der Waals surface area contributed by atoms with Crippen molar-refractivity contribution in [3.8, 4) is 0 Å². The first-order valence-corrected chi connectivity index (χ1v) is 13.5. The number of aliphatic carboxylic acids is 2. The van der Waals surface area contributed by atoms with Gasteiger partial charge in [0.25, 0.3) is 11.8 Å². The fraction of sp³-hybridized carbons (Fsp3) is 0.300. The molecule has 0 bridgehead atoms. The number of carbonyl (C=O) groups excluding carboxylic acids is 3. The van der Waals surface area contributed by atoms with E-state index < -0.39 is 35.2 Å². The minimum absolute atomic E-state index is 0.0792. The second kappa shape index (κ2) is 11.2. The van der Waals surface area contributed by atoms with Gasteiger partial charge in [0.1, 0.15) is 24.2 Å². The van der Waals surface area contributed by atoms with Crippen LogP contribution in [0.2, 0.25) is 0 Å². The predicted molar refractivity (Wildman–Crippen MR) is 134 cm³/mol. The molecule has 0 saturated carbocycles. The lowest BCUT2D eigenvalue weighted by Gasteiger charge is -2.50. The molecule has 2 aliphatic rings. The summed E-state index contributed by atoms with van der Waals surface area (Å²) in [5, 5.41) is 28.7. The number of rotatable bonds is 10. The Hall–Kier alpha value is -3.90. The first-order valence-electron chi connectivity index (χ1n) is 10.6. The molecular weight excluding hydrogens is 560 g/mol. The molecule has 200 valence electrons. The van der Waals surface area contributed by atoms with Crippen molar-refractivity contribution in [2.45, 2.75) is 23.1 Å². The van der Waals surface area contributed by atoms with Crippen molar-refractivity contribution in [2.75, 3.05) is 30.1 Å². The van der Waals surface area contributed by atoms with Crippen LogP contribution in [0, 0.1) is 0 Å². The van der Waals surface area contributed by atoms with Gasteiger partial charge in [-0.2, -0.15) is 0 Å². The lowest BCUT2D eigenvalue weighted by molar-refractivity contribution is -0.726. The van der Waals surface area contributed by atoms with Gasteiger partial charge in [-0.1, -0.05) is 5.16 Å². The number of nitrogens with zero attached hydrogens (tertiary/aromatic N) is 5. The Bertz CT molecular complexity index is 1380. The maximum Gasteiger partial charge on any atom is 0.362 e. The van der Waals surface area contributed by atoms with E-state index in [2.05, 4.69) is 20.4 Å². The molecule has 0 aromatic carbocycles. The van der Waals surface area contributed by atoms with E-state index >= 15 is 0 Å². The quantitative estimate of drug-likeness (QED) is 0.0575. The fourth-order valence-corrected chi connectivity index (χ4v) is 6.69. The molecule has 6 N–H and O–H groups in total. The van der Waals surface area contributed by atoms with Crippen LogP contribution in [-0.4, -0.2) is 79.5 Å². The lowest BCUT2D eigenvalue weighted by atomic mass is 10.0. The number of nitrogens with one attached hydrogen (secondary N) is 1. The molecule has 2 aromatic heterocycles. The summed E-state index contributed by atoms with van der Waals surface area (Å²) in [6.07, 6.45) is 1.46. The zero-order valence-corrected chi connectivity index (χ0v) is 22.0. The van der Waals surface area contributed by atoms with E-state index in [1.807, 2.05) is 0 Å². The van der Waals surface area contributed by atoms with Crippen molar-refractivity contribution < 1.29 is 38.8 Å². The molecule has 0 radical (unpaired) electrons. The van der Waals surface area contributed by atoms with Gasteiger partial charge in [0.05, 0.1) is 17.9 Å². The zero-order chi connectivity index (χ0) is 27.6. The smallest absolute Gasteiger partial charge is 0.362 e. The molecule has 38 heavy (non-hydrogen) atoms. The van der Waals surface area contributed by atoms with Crippen molar-refractivity contribution in [3.05, 3.63) is 34.6 Å². The highest BCUT2D eigenvalue weighted by molar-refractivity contribution is 8.01. The van der Waals surface area contributed by atoms with Gasteiger partial charge in [0.2, 0.25) is 5.82 Å². The van der Waals surface area contributed by atoms with Crippen LogP contribution < -0.4 is 26.5 Å². The first-order chi connectivity index (χ1) is 18.1. The Morgan fingerprint density at radius 1 is 1.39 bits per heavy atom. The molecule has 4 rings (SSSR count). The number of oxime groups is 1. The number of hydrogen-bond acceptors (Lipinski definition) is 14. The normalized spacial score (nSPS) is 19.0.